The summed E-state index contributed by atoms with van der Waals surface area (Å²) in [6, 6.07) is 2.42. The van der Waals surface area contributed by atoms with Gasteiger partial charge in [-0.1, -0.05) is 27.2 Å². The molecule has 2 aliphatic rings. The van der Waals surface area contributed by atoms with Crippen molar-refractivity contribution >= 4 is 5.91 Å². The number of amides is 1. The summed E-state index contributed by atoms with van der Waals surface area (Å²) in [6.07, 6.45) is 7.02. The van der Waals surface area contributed by atoms with Gasteiger partial charge in [-0.15, -0.1) is 0 Å². The van der Waals surface area contributed by atoms with Crippen molar-refractivity contribution in [2.24, 2.45) is 5.92 Å². The van der Waals surface area contributed by atoms with Crippen LogP contribution in [0.15, 0.2) is 12.3 Å². The molecule has 1 fully saturated rings. The zero-order valence-electron chi connectivity index (χ0n) is 19.9. The molecule has 1 saturated heterocycles. The van der Waals surface area contributed by atoms with Crippen molar-refractivity contribution in [3.8, 4) is 5.75 Å². The zero-order chi connectivity index (χ0) is 23.5. The minimum atomic E-state index is -2.88. The van der Waals surface area contributed by atoms with Crippen LogP contribution in [0.5, 0.6) is 5.75 Å². The fourth-order valence-corrected chi connectivity index (χ4v) is 4.04. The molecule has 0 aliphatic carbocycles. The molecule has 0 bridgehead atoms. The lowest BCUT2D eigenvalue weighted by Gasteiger charge is -2.31. The molecule has 0 saturated carbocycles. The van der Waals surface area contributed by atoms with Crippen LogP contribution in [0, 0.1) is 5.92 Å². The fourth-order valence-electron chi connectivity index (χ4n) is 4.04. The summed E-state index contributed by atoms with van der Waals surface area (Å²) in [4.78, 5) is 18.9. The predicted molar refractivity (Wildman–Crippen MR) is 121 cm³/mol. The summed E-state index contributed by atoms with van der Waals surface area (Å²) < 4.78 is 34.7. The molecular weight excluding hydrogens is 416 g/mol. The minimum absolute atomic E-state index is 0.0362. The van der Waals surface area contributed by atoms with E-state index in [1.807, 2.05) is 6.92 Å². The van der Waals surface area contributed by atoms with Gasteiger partial charge in [0.15, 0.2) is 0 Å². The third-order valence-electron chi connectivity index (χ3n) is 5.75. The predicted octanol–water partition coefficient (Wildman–Crippen LogP) is 4.56. The Kier molecular flexibility index (Phi) is 11.3. The summed E-state index contributed by atoms with van der Waals surface area (Å²) in [5.74, 6) is 0.0622. The first-order valence-electron chi connectivity index (χ1n) is 11.9. The third kappa shape index (κ3) is 8.62. The van der Waals surface area contributed by atoms with E-state index in [2.05, 4.69) is 35.8 Å². The lowest BCUT2D eigenvalue weighted by molar-refractivity contribution is -0.136. The largest absolute Gasteiger partial charge is 0.433 e. The molecule has 3 heterocycles. The normalized spacial score (nSPS) is 18.4. The number of carbonyl (C=O) groups is 1. The molecule has 2 atom stereocenters. The number of hydrogen-bond donors (Lipinski definition) is 1. The molecule has 2 aliphatic heterocycles. The van der Waals surface area contributed by atoms with E-state index in [0.29, 0.717) is 31.6 Å². The second-order valence-electron chi connectivity index (χ2n) is 8.80. The van der Waals surface area contributed by atoms with Crippen molar-refractivity contribution < 1.29 is 23.0 Å². The van der Waals surface area contributed by atoms with Crippen molar-refractivity contribution in [3.05, 3.63) is 23.5 Å². The van der Waals surface area contributed by atoms with E-state index in [9.17, 15) is 13.6 Å². The first-order chi connectivity index (χ1) is 15.3. The average molecular weight is 456 g/mol. The summed E-state index contributed by atoms with van der Waals surface area (Å²) in [6.45, 7) is 8.13. The van der Waals surface area contributed by atoms with Crippen LogP contribution in [0.4, 0.5) is 8.78 Å². The Hall–Kier alpha value is -1.80. The quantitative estimate of drug-likeness (QED) is 0.623. The van der Waals surface area contributed by atoms with Gasteiger partial charge in [0.25, 0.3) is 0 Å². The van der Waals surface area contributed by atoms with Crippen LogP contribution < -0.4 is 10.1 Å². The van der Waals surface area contributed by atoms with Crippen LogP contribution in [0.25, 0.3) is 0 Å². The van der Waals surface area contributed by atoms with E-state index in [4.69, 9.17) is 4.74 Å². The van der Waals surface area contributed by atoms with Crippen molar-refractivity contribution in [1.29, 1.82) is 0 Å². The number of halogens is 2. The van der Waals surface area contributed by atoms with E-state index in [1.54, 1.807) is 11.0 Å². The van der Waals surface area contributed by atoms with Gasteiger partial charge in [0.1, 0.15) is 5.75 Å². The molecule has 1 aromatic rings. The van der Waals surface area contributed by atoms with Crippen LogP contribution in [-0.4, -0.2) is 54.2 Å². The number of aromatic nitrogens is 1. The Balaban J connectivity index is 0.00000114. The van der Waals surface area contributed by atoms with Gasteiger partial charge < -0.3 is 19.7 Å². The second kappa shape index (κ2) is 13.7. The minimum Gasteiger partial charge on any atom is -0.433 e. The molecule has 3 rings (SSSR count). The number of nitrogens with zero attached hydrogens (tertiary/aromatic N) is 2. The molecule has 0 aromatic carbocycles. The Morgan fingerprint density at radius 1 is 1.28 bits per heavy atom. The van der Waals surface area contributed by atoms with Crippen molar-refractivity contribution in [1.82, 2.24) is 15.2 Å². The fraction of sp³-hybridized carbons (Fsp3) is 0.750. The van der Waals surface area contributed by atoms with Gasteiger partial charge in [-0.3, -0.25) is 9.78 Å². The van der Waals surface area contributed by atoms with Crippen LogP contribution in [0.3, 0.4) is 0 Å². The lowest BCUT2D eigenvalue weighted by atomic mass is 9.97. The monoisotopic (exact) mass is 455 g/mol. The van der Waals surface area contributed by atoms with Gasteiger partial charge >= 0.3 is 6.61 Å². The Morgan fingerprint density at radius 2 is 1.97 bits per heavy atom. The first kappa shape index (κ1) is 26.5. The van der Waals surface area contributed by atoms with E-state index < -0.39 is 6.61 Å². The summed E-state index contributed by atoms with van der Waals surface area (Å²) in [5, 5.41) is 3.64. The van der Waals surface area contributed by atoms with E-state index in [-0.39, 0.29) is 17.6 Å². The highest BCUT2D eigenvalue weighted by Gasteiger charge is 2.26. The van der Waals surface area contributed by atoms with E-state index >= 15 is 0 Å². The number of pyridine rings is 1. The molecule has 1 amide bonds. The lowest BCUT2D eigenvalue weighted by Crippen LogP contribution is -2.41. The number of carbonyl (C=O) groups excluding carboxylic acids is 1. The first-order valence-corrected chi connectivity index (χ1v) is 11.9. The van der Waals surface area contributed by atoms with Crippen LogP contribution in [0.1, 0.15) is 71.1 Å². The summed E-state index contributed by atoms with van der Waals surface area (Å²) in [5.41, 5.74) is 1.63. The highest BCUT2D eigenvalue weighted by molar-refractivity contribution is 5.78. The van der Waals surface area contributed by atoms with Gasteiger partial charge in [-0.25, -0.2) is 0 Å². The van der Waals surface area contributed by atoms with Gasteiger partial charge in [0.05, 0.1) is 6.20 Å². The number of alkyl halides is 2. The standard InChI is InChI=1S/C21H31F2N3O3.C3H8/c1-14(3-4-15(2)25-17-6-9-28-10-7-17)20(27)26-8-5-19-16(13-26)11-18(12-24-19)29-21(22)23;1-3-2/h11-12,14-15,17,21,25H,3-10,13H2,1-2H3;3H2,1-2H3. The molecule has 0 spiro atoms. The van der Waals surface area contributed by atoms with E-state index in [1.165, 1.54) is 12.6 Å². The van der Waals surface area contributed by atoms with Crippen molar-refractivity contribution in [3.63, 3.8) is 0 Å². The van der Waals surface area contributed by atoms with Gasteiger partial charge in [-0.2, -0.15) is 8.78 Å². The molecule has 6 nitrogen and oxygen atoms in total. The van der Waals surface area contributed by atoms with Crippen LogP contribution >= 0.6 is 0 Å². The molecular formula is C24H39F2N3O3. The second-order valence-corrected chi connectivity index (χ2v) is 8.80. The maximum Gasteiger partial charge on any atom is 0.387 e. The molecule has 182 valence electrons. The third-order valence-corrected chi connectivity index (χ3v) is 5.75. The maximum absolute atomic E-state index is 12.9. The highest BCUT2D eigenvalue weighted by atomic mass is 19.3. The van der Waals surface area contributed by atoms with Gasteiger partial charge in [0.2, 0.25) is 5.91 Å². The Morgan fingerprint density at radius 3 is 2.62 bits per heavy atom. The molecule has 0 radical (unpaired) electrons. The molecule has 2 unspecified atom stereocenters. The number of fused-ring (bicyclic) bond motifs is 1. The Labute approximate surface area is 191 Å². The highest BCUT2D eigenvalue weighted by Crippen LogP contribution is 2.24. The molecule has 8 heteroatoms. The number of ether oxygens (including phenoxy) is 2. The number of nitrogens with one attached hydrogen (secondary N) is 1. The van der Waals surface area contributed by atoms with Crippen LogP contribution in [0.2, 0.25) is 0 Å². The van der Waals surface area contributed by atoms with Gasteiger partial charge in [-0.05, 0) is 44.2 Å². The summed E-state index contributed by atoms with van der Waals surface area (Å²) >= 11 is 0. The van der Waals surface area contributed by atoms with Gasteiger partial charge in [0, 0.05) is 56.4 Å². The summed E-state index contributed by atoms with van der Waals surface area (Å²) in [7, 11) is 0. The van der Waals surface area contributed by atoms with Crippen molar-refractivity contribution in [2.75, 3.05) is 19.8 Å². The smallest absolute Gasteiger partial charge is 0.387 e. The molecule has 1 N–H and O–H groups in total. The molecule has 1 aromatic heterocycles. The SMILES string of the molecule is CC(CCC(C)C(=O)N1CCc2ncc(OC(F)F)cc2C1)NC1CCOCC1.CCC. The average Bonchev–Trinajstić information content (AvgIpc) is 2.77. The number of hydrogen-bond acceptors (Lipinski definition) is 5. The number of rotatable bonds is 8. The van der Waals surface area contributed by atoms with Crippen molar-refractivity contribution in [2.45, 2.75) is 91.5 Å². The zero-order valence-corrected chi connectivity index (χ0v) is 19.9. The maximum atomic E-state index is 12.9. The molecule has 32 heavy (non-hydrogen) atoms. The Bertz CT molecular complexity index is 699. The van der Waals surface area contributed by atoms with E-state index in [0.717, 1.165) is 50.2 Å². The topological polar surface area (TPSA) is 63.7 Å². The van der Waals surface area contributed by atoms with Crippen LogP contribution in [-0.2, 0) is 22.5 Å².